The molecule has 0 aromatic rings. The Bertz CT molecular complexity index is 277. The van der Waals surface area contributed by atoms with Gasteiger partial charge in [-0.1, -0.05) is 12.2 Å². The SMILES string of the molecule is CCS(=O)(=O)N1C=CC=CC1. The van der Waals surface area contributed by atoms with E-state index < -0.39 is 10.0 Å². The van der Waals surface area contributed by atoms with Crippen LogP contribution in [0.15, 0.2) is 24.4 Å². The summed E-state index contributed by atoms with van der Waals surface area (Å²) in [6, 6.07) is 0. The van der Waals surface area contributed by atoms with Gasteiger partial charge in [0, 0.05) is 6.20 Å². The van der Waals surface area contributed by atoms with E-state index in [2.05, 4.69) is 0 Å². The van der Waals surface area contributed by atoms with Crippen LogP contribution in [-0.2, 0) is 10.0 Å². The number of rotatable bonds is 2. The molecule has 11 heavy (non-hydrogen) atoms. The molecule has 0 saturated heterocycles. The molecule has 0 unspecified atom stereocenters. The molecular weight excluding hydrogens is 162 g/mol. The lowest BCUT2D eigenvalue weighted by Gasteiger charge is -2.18. The van der Waals surface area contributed by atoms with E-state index in [9.17, 15) is 8.42 Å². The maximum absolute atomic E-state index is 11.2. The fourth-order valence-electron chi connectivity index (χ4n) is 0.822. The zero-order chi connectivity index (χ0) is 8.32. The highest BCUT2D eigenvalue weighted by atomic mass is 32.2. The summed E-state index contributed by atoms with van der Waals surface area (Å²) in [6.07, 6.45) is 6.95. The number of allylic oxidation sites excluding steroid dienone is 2. The van der Waals surface area contributed by atoms with Gasteiger partial charge in [-0.2, -0.15) is 0 Å². The summed E-state index contributed by atoms with van der Waals surface area (Å²) in [5.41, 5.74) is 0. The molecule has 4 heteroatoms. The molecule has 0 atom stereocenters. The van der Waals surface area contributed by atoms with Crippen molar-refractivity contribution in [3.05, 3.63) is 24.4 Å². The zero-order valence-electron chi connectivity index (χ0n) is 6.40. The molecule has 1 aliphatic rings. The summed E-state index contributed by atoms with van der Waals surface area (Å²) in [4.78, 5) is 0. The summed E-state index contributed by atoms with van der Waals surface area (Å²) < 4.78 is 23.7. The van der Waals surface area contributed by atoms with Gasteiger partial charge in [0.1, 0.15) is 0 Å². The van der Waals surface area contributed by atoms with Crippen LogP contribution in [-0.4, -0.2) is 25.0 Å². The second kappa shape index (κ2) is 3.09. The maximum atomic E-state index is 11.2. The van der Waals surface area contributed by atoms with Crippen molar-refractivity contribution in [2.24, 2.45) is 0 Å². The van der Waals surface area contributed by atoms with E-state index in [-0.39, 0.29) is 5.75 Å². The van der Waals surface area contributed by atoms with Crippen LogP contribution in [0.5, 0.6) is 0 Å². The van der Waals surface area contributed by atoms with Gasteiger partial charge >= 0.3 is 0 Å². The van der Waals surface area contributed by atoms with Crippen LogP contribution in [0.4, 0.5) is 0 Å². The zero-order valence-corrected chi connectivity index (χ0v) is 7.21. The van der Waals surface area contributed by atoms with Crippen LogP contribution in [0.3, 0.4) is 0 Å². The third kappa shape index (κ3) is 1.83. The summed E-state index contributed by atoms with van der Waals surface area (Å²) >= 11 is 0. The third-order valence-corrected chi connectivity index (χ3v) is 3.22. The van der Waals surface area contributed by atoms with Gasteiger partial charge in [-0.05, 0) is 13.0 Å². The highest BCUT2D eigenvalue weighted by Crippen LogP contribution is 2.05. The van der Waals surface area contributed by atoms with E-state index in [0.29, 0.717) is 6.54 Å². The van der Waals surface area contributed by atoms with Crippen molar-refractivity contribution in [3.63, 3.8) is 0 Å². The average Bonchev–Trinajstić information content (AvgIpc) is 2.06. The fourth-order valence-corrected chi connectivity index (χ4v) is 1.72. The Morgan fingerprint density at radius 3 is 2.64 bits per heavy atom. The van der Waals surface area contributed by atoms with E-state index in [1.165, 1.54) is 4.31 Å². The quantitative estimate of drug-likeness (QED) is 0.617. The van der Waals surface area contributed by atoms with E-state index in [0.717, 1.165) is 0 Å². The Hall–Kier alpha value is -0.770. The Morgan fingerprint density at radius 2 is 2.18 bits per heavy atom. The molecule has 0 fully saturated rings. The fraction of sp³-hybridized carbons (Fsp3) is 0.429. The summed E-state index contributed by atoms with van der Waals surface area (Å²) in [6.45, 7) is 2.11. The number of hydrogen-bond donors (Lipinski definition) is 0. The molecule has 0 bridgehead atoms. The molecule has 1 aliphatic heterocycles. The first-order chi connectivity index (χ1) is 5.17. The monoisotopic (exact) mass is 173 g/mol. The number of nitrogens with zero attached hydrogens (tertiary/aromatic N) is 1. The Kier molecular flexibility index (Phi) is 2.34. The topological polar surface area (TPSA) is 37.4 Å². The standard InChI is InChI=1S/C7H11NO2S/c1-2-11(9,10)8-6-4-3-5-7-8/h3-6H,2,7H2,1H3. The van der Waals surface area contributed by atoms with E-state index >= 15 is 0 Å². The van der Waals surface area contributed by atoms with E-state index in [1.807, 2.05) is 12.2 Å². The van der Waals surface area contributed by atoms with Gasteiger partial charge in [-0.25, -0.2) is 8.42 Å². The molecule has 3 nitrogen and oxygen atoms in total. The van der Waals surface area contributed by atoms with E-state index in [4.69, 9.17) is 0 Å². The van der Waals surface area contributed by atoms with Crippen molar-refractivity contribution in [2.75, 3.05) is 12.3 Å². The predicted molar refractivity (Wildman–Crippen MR) is 44.4 cm³/mol. The maximum Gasteiger partial charge on any atom is 0.234 e. The first-order valence-corrected chi connectivity index (χ1v) is 5.10. The molecule has 0 radical (unpaired) electrons. The van der Waals surface area contributed by atoms with Gasteiger partial charge in [-0.15, -0.1) is 0 Å². The van der Waals surface area contributed by atoms with Crippen LogP contribution in [0.1, 0.15) is 6.92 Å². The Morgan fingerprint density at radius 1 is 1.45 bits per heavy atom. The molecule has 0 aromatic carbocycles. The highest BCUT2D eigenvalue weighted by molar-refractivity contribution is 7.89. The molecule has 1 heterocycles. The second-order valence-electron chi connectivity index (χ2n) is 2.24. The van der Waals surface area contributed by atoms with E-state index in [1.54, 1.807) is 19.2 Å². The lowest BCUT2D eigenvalue weighted by Crippen LogP contribution is -2.28. The smallest absolute Gasteiger partial charge is 0.234 e. The van der Waals surface area contributed by atoms with Crippen LogP contribution in [0.25, 0.3) is 0 Å². The number of hydrogen-bond acceptors (Lipinski definition) is 2. The van der Waals surface area contributed by atoms with Crippen LogP contribution in [0, 0.1) is 0 Å². The Labute approximate surface area is 67.1 Å². The number of sulfonamides is 1. The molecule has 0 spiro atoms. The molecule has 0 amide bonds. The minimum absolute atomic E-state index is 0.158. The van der Waals surface area contributed by atoms with Gasteiger partial charge < -0.3 is 0 Å². The van der Waals surface area contributed by atoms with Gasteiger partial charge in [0.15, 0.2) is 0 Å². The van der Waals surface area contributed by atoms with Crippen molar-refractivity contribution in [2.45, 2.75) is 6.92 Å². The summed E-state index contributed by atoms with van der Waals surface area (Å²) in [5.74, 6) is 0.158. The molecule has 0 aliphatic carbocycles. The lowest BCUT2D eigenvalue weighted by molar-refractivity contribution is 0.522. The molecular formula is C7H11NO2S. The van der Waals surface area contributed by atoms with Crippen LogP contribution in [0.2, 0.25) is 0 Å². The first kappa shape index (κ1) is 8.33. The summed E-state index contributed by atoms with van der Waals surface area (Å²) in [5, 5.41) is 0. The van der Waals surface area contributed by atoms with Gasteiger partial charge in [-0.3, -0.25) is 4.31 Å². The normalized spacial score (nSPS) is 17.4. The third-order valence-electron chi connectivity index (χ3n) is 1.51. The van der Waals surface area contributed by atoms with Crippen molar-refractivity contribution in [1.82, 2.24) is 4.31 Å². The second-order valence-corrected chi connectivity index (χ2v) is 4.45. The van der Waals surface area contributed by atoms with Crippen molar-refractivity contribution in [3.8, 4) is 0 Å². The molecule has 1 rings (SSSR count). The van der Waals surface area contributed by atoms with Crippen molar-refractivity contribution in [1.29, 1.82) is 0 Å². The minimum atomic E-state index is -3.03. The average molecular weight is 173 g/mol. The predicted octanol–water partition coefficient (Wildman–Crippen LogP) is 0.722. The lowest BCUT2D eigenvalue weighted by atomic mass is 10.4. The van der Waals surface area contributed by atoms with Gasteiger partial charge in [0.05, 0.1) is 12.3 Å². The largest absolute Gasteiger partial charge is 0.273 e. The van der Waals surface area contributed by atoms with Crippen molar-refractivity contribution < 1.29 is 8.42 Å². The van der Waals surface area contributed by atoms with Crippen LogP contribution >= 0.6 is 0 Å². The van der Waals surface area contributed by atoms with Crippen LogP contribution < -0.4 is 0 Å². The molecule has 0 N–H and O–H groups in total. The molecule has 62 valence electrons. The van der Waals surface area contributed by atoms with Gasteiger partial charge in [0.2, 0.25) is 10.0 Å². The Balaban J connectivity index is 2.78. The summed E-state index contributed by atoms with van der Waals surface area (Å²) in [7, 11) is -3.03. The molecule has 0 aromatic heterocycles. The first-order valence-electron chi connectivity index (χ1n) is 3.49. The highest BCUT2D eigenvalue weighted by Gasteiger charge is 2.14. The van der Waals surface area contributed by atoms with Gasteiger partial charge in [0.25, 0.3) is 0 Å². The molecule has 0 saturated carbocycles. The van der Waals surface area contributed by atoms with Crippen molar-refractivity contribution >= 4 is 10.0 Å². The minimum Gasteiger partial charge on any atom is -0.273 e.